The van der Waals surface area contributed by atoms with Gasteiger partial charge < -0.3 is 14.1 Å². The number of likely N-dealkylation sites (tertiary alicyclic amines) is 1. The largest absolute Gasteiger partial charge is 0.464 e. The molecule has 1 saturated heterocycles. The molecule has 132 valence electrons. The molecule has 0 N–H and O–H groups in total. The van der Waals surface area contributed by atoms with Crippen LogP contribution >= 0.6 is 0 Å². The fraction of sp³-hybridized carbons (Fsp3) is 0.765. The lowest BCUT2D eigenvalue weighted by atomic mass is 9.89. The number of hydrogen-bond acceptors (Lipinski definition) is 4. The Bertz CT molecular complexity index is 497. The maximum Gasteiger partial charge on any atom is 0.354 e. The first-order chi connectivity index (χ1) is 10.6. The second kappa shape index (κ2) is 7.62. The van der Waals surface area contributed by atoms with Gasteiger partial charge in [-0.05, 0) is 45.0 Å². The van der Waals surface area contributed by atoms with E-state index in [-0.39, 0.29) is 5.91 Å². The average Bonchev–Trinajstić information content (AvgIpc) is 2.50. The minimum absolute atomic E-state index is 0.112. The minimum atomic E-state index is -1.90. The SMILES string of the molecule is CCCC[Si](C)(C)OC1(CC)CN(C(C(=O)OC)=C(C)C)C1=O. The molecule has 1 heterocycles. The number of β-lactam (4-membered cyclic amide) rings is 1. The second-order valence-electron chi connectivity index (χ2n) is 7.04. The van der Waals surface area contributed by atoms with Crippen LogP contribution in [0.2, 0.25) is 19.1 Å². The van der Waals surface area contributed by atoms with E-state index in [1.807, 2.05) is 20.8 Å². The van der Waals surface area contributed by atoms with E-state index in [1.54, 1.807) is 0 Å². The second-order valence-corrected chi connectivity index (χ2v) is 11.3. The van der Waals surface area contributed by atoms with Crippen molar-refractivity contribution in [1.82, 2.24) is 4.90 Å². The summed E-state index contributed by atoms with van der Waals surface area (Å²) in [5.41, 5.74) is 0.355. The van der Waals surface area contributed by atoms with E-state index in [1.165, 1.54) is 12.0 Å². The highest BCUT2D eigenvalue weighted by Gasteiger charge is 2.56. The molecule has 0 aliphatic carbocycles. The van der Waals surface area contributed by atoms with Crippen LogP contribution in [0.5, 0.6) is 0 Å². The van der Waals surface area contributed by atoms with E-state index < -0.39 is 19.9 Å². The van der Waals surface area contributed by atoms with Crippen LogP contribution in [0, 0.1) is 0 Å². The van der Waals surface area contributed by atoms with Crippen molar-refractivity contribution in [3.05, 3.63) is 11.3 Å². The Kier molecular flexibility index (Phi) is 6.59. The van der Waals surface area contributed by atoms with Gasteiger partial charge in [0.1, 0.15) is 5.70 Å². The van der Waals surface area contributed by atoms with E-state index in [4.69, 9.17) is 9.16 Å². The maximum atomic E-state index is 12.8. The molecule has 23 heavy (non-hydrogen) atoms. The molecule has 1 fully saturated rings. The molecule has 0 aromatic carbocycles. The third-order valence-corrected chi connectivity index (χ3v) is 6.85. The van der Waals surface area contributed by atoms with Crippen LogP contribution in [0.3, 0.4) is 0 Å². The van der Waals surface area contributed by atoms with Gasteiger partial charge in [-0.15, -0.1) is 0 Å². The molecular weight excluding hydrogens is 310 g/mol. The van der Waals surface area contributed by atoms with Gasteiger partial charge in [-0.3, -0.25) is 4.79 Å². The van der Waals surface area contributed by atoms with Crippen molar-refractivity contribution < 1.29 is 18.8 Å². The van der Waals surface area contributed by atoms with Gasteiger partial charge in [0.25, 0.3) is 5.91 Å². The van der Waals surface area contributed by atoms with Crippen LogP contribution in [0.15, 0.2) is 11.3 Å². The first-order valence-corrected chi connectivity index (χ1v) is 11.5. The number of carbonyl (C=O) groups is 2. The Morgan fingerprint density at radius 1 is 1.30 bits per heavy atom. The van der Waals surface area contributed by atoms with Gasteiger partial charge in [-0.2, -0.15) is 0 Å². The topological polar surface area (TPSA) is 55.8 Å². The smallest absolute Gasteiger partial charge is 0.354 e. The molecule has 1 aliphatic rings. The normalized spacial score (nSPS) is 21.0. The number of carbonyl (C=O) groups excluding carboxylic acids is 2. The van der Waals surface area contributed by atoms with Gasteiger partial charge in [-0.1, -0.05) is 26.7 Å². The van der Waals surface area contributed by atoms with Crippen molar-refractivity contribution in [3.63, 3.8) is 0 Å². The number of amides is 1. The minimum Gasteiger partial charge on any atom is -0.464 e. The summed E-state index contributed by atoms with van der Waals surface area (Å²) in [5, 5.41) is 0. The number of esters is 1. The van der Waals surface area contributed by atoms with Crippen molar-refractivity contribution in [2.45, 2.75) is 71.7 Å². The predicted octanol–water partition coefficient (Wildman–Crippen LogP) is 3.47. The van der Waals surface area contributed by atoms with Crippen molar-refractivity contribution >= 4 is 20.2 Å². The van der Waals surface area contributed by atoms with Crippen LogP contribution in [0.4, 0.5) is 0 Å². The molecule has 0 radical (unpaired) electrons. The molecule has 1 unspecified atom stereocenters. The van der Waals surface area contributed by atoms with Crippen LogP contribution in [0.1, 0.15) is 47.0 Å². The Labute approximate surface area is 141 Å². The third kappa shape index (κ3) is 4.23. The van der Waals surface area contributed by atoms with Crippen molar-refractivity contribution in [2.24, 2.45) is 0 Å². The highest BCUT2D eigenvalue weighted by Crippen LogP contribution is 2.38. The molecule has 0 aromatic heterocycles. The maximum absolute atomic E-state index is 12.8. The summed E-state index contributed by atoms with van der Waals surface area (Å²) in [6.45, 7) is 12.5. The number of methoxy groups -OCH3 is 1. The molecule has 6 heteroatoms. The zero-order valence-electron chi connectivity index (χ0n) is 15.6. The van der Waals surface area contributed by atoms with Gasteiger partial charge in [0.2, 0.25) is 0 Å². The van der Waals surface area contributed by atoms with Gasteiger partial charge in [0.05, 0.1) is 13.7 Å². The van der Waals surface area contributed by atoms with Gasteiger partial charge >= 0.3 is 5.97 Å². The lowest BCUT2D eigenvalue weighted by Crippen LogP contribution is -2.70. The van der Waals surface area contributed by atoms with Gasteiger partial charge in [0.15, 0.2) is 13.9 Å². The van der Waals surface area contributed by atoms with E-state index in [2.05, 4.69) is 20.0 Å². The zero-order chi connectivity index (χ0) is 17.8. The van der Waals surface area contributed by atoms with E-state index in [0.29, 0.717) is 18.7 Å². The summed E-state index contributed by atoms with van der Waals surface area (Å²) in [4.78, 5) is 26.3. The number of ether oxygens (including phenoxy) is 1. The molecule has 1 rings (SSSR count). The first kappa shape index (κ1) is 19.9. The number of nitrogens with zero attached hydrogens (tertiary/aromatic N) is 1. The average molecular weight is 342 g/mol. The lowest BCUT2D eigenvalue weighted by molar-refractivity contribution is -0.171. The van der Waals surface area contributed by atoms with Crippen LogP contribution in [-0.4, -0.2) is 44.3 Å². The molecule has 1 aliphatic heterocycles. The Hall–Kier alpha value is -1.14. The zero-order valence-corrected chi connectivity index (χ0v) is 16.6. The molecule has 5 nitrogen and oxygen atoms in total. The number of hydrogen-bond donors (Lipinski definition) is 0. The van der Waals surface area contributed by atoms with Crippen LogP contribution < -0.4 is 0 Å². The lowest BCUT2D eigenvalue weighted by Gasteiger charge is -2.51. The highest BCUT2D eigenvalue weighted by atomic mass is 28.4. The van der Waals surface area contributed by atoms with Crippen molar-refractivity contribution in [2.75, 3.05) is 13.7 Å². The summed E-state index contributed by atoms with van der Waals surface area (Å²) in [7, 11) is -0.566. The summed E-state index contributed by atoms with van der Waals surface area (Å²) in [6, 6.07) is 1.05. The van der Waals surface area contributed by atoms with Crippen LogP contribution in [0.25, 0.3) is 0 Å². The number of unbranched alkanes of at least 4 members (excludes halogenated alkanes) is 1. The number of allylic oxidation sites excluding steroid dienone is 1. The summed E-state index contributed by atoms with van der Waals surface area (Å²) in [5.74, 6) is -0.579. The summed E-state index contributed by atoms with van der Waals surface area (Å²) >= 11 is 0. The van der Waals surface area contributed by atoms with E-state index in [9.17, 15) is 9.59 Å². The fourth-order valence-electron chi connectivity index (χ4n) is 3.00. The summed E-state index contributed by atoms with van der Waals surface area (Å²) in [6.07, 6.45) is 2.88. The monoisotopic (exact) mass is 341 g/mol. The van der Waals surface area contributed by atoms with Crippen molar-refractivity contribution in [1.29, 1.82) is 0 Å². The quantitative estimate of drug-likeness (QED) is 0.294. The molecule has 1 amide bonds. The van der Waals surface area contributed by atoms with Crippen LogP contribution in [-0.2, 0) is 18.8 Å². The Balaban J connectivity index is 2.93. The first-order valence-electron chi connectivity index (χ1n) is 8.42. The molecule has 0 aromatic rings. The highest BCUT2D eigenvalue weighted by molar-refractivity contribution is 6.71. The Morgan fingerprint density at radius 2 is 1.91 bits per heavy atom. The van der Waals surface area contributed by atoms with Gasteiger partial charge in [-0.25, -0.2) is 4.79 Å². The van der Waals surface area contributed by atoms with E-state index in [0.717, 1.165) is 24.5 Å². The standard InChI is InChI=1S/C17H31NO4Si/c1-8-10-11-23(6,7)22-17(9-2)12-18(16(17)20)14(13(3)4)15(19)21-5/h8-12H2,1-7H3. The van der Waals surface area contributed by atoms with Gasteiger partial charge in [0, 0.05) is 0 Å². The van der Waals surface area contributed by atoms with E-state index >= 15 is 0 Å². The Morgan fingerprint density at radius 3 is 2.30 bits per heavy atom. The van der Waals surface area contributed by atoms with Crippen molar-refractivity contribution in [3.8, 4) is 0 Å². The fourth-order valence-corrected chi connectivity index (χ4v) is 5.67. The molecular formula is C17H31NO4Si. The predicted molar refractivity (Wildman–Crippen MR) is 93.4 cm³/mol. The molecule has 0 bridgehead atoms. The summed E-state index contributed by atoms with van der Waals surface area (Å²) < 4.78 is 11.2. The molecule has 0 spiro atoms. The number of rotatable bonds is 8. The molecule has 0 saturated carbocycles. The third-order valence-electron chi connectivity index (χ3n) is 4.35. The molecule has 1 atom stereocenters.